The van der Waals surface area contributed by atoms with Gasteiger partial charge in [0, 0.05) is 7.05 Å². The summed E-state index contributed by atoms with van der Waals surface area (Å²) in [5.74, 6) is -0.378. The van der Waals surface area contributed by atoms with Crippen molar-refractivity contribution in [1.82, 2.24) is 4.90 Å². The van der Waals surface area contributed by atoms with Gasteiger partial charge in [0.25, 0.3) is 0 Å². The summed E-state index contributed by atoms with van der Waals surface area (Å²) in [6, 6.07) is -0.621. The lowest BCUT2D eigenvalue weighted by Gasteiger charge is -2.29. The first kappa shape index (κ1) is 32.7. The van der Waals surface area contributed by atoms with Crippen LogP contribution in [0.15, 0.2) is 0 Å². The molecule has 0 aliphatic heterocycles. The predicted molar refractivity (Wildman–Crippen MR) is 143 cm³/mol. The molecule has 0 aromatic heterocycles. The Bertz CT molecular complexity index is 513. The molecular formula is C29H57NO4. The lowest BCUT2D eigenvalue weighted by Crippen LogP contribution is -2.47. The summed E-state index contributed by atoms with van der Waals surface area (Å²) in [6.45, 7) is 12.9. The zero-order valence-corrected chi connectivity index (χ0v) is 23.8. The summed E-state index contributed by atoms with van der Waals surface area (Å²) in [4.78, 5) is 26.3. The molecule has 0 aromatic rings. The molecule has 0 fully saturated rings. The van der Waals surface area contributed by atoms with Crippen molar-refractivity contribution in [1.29, 1.82) is 0 Å². The summed E-state index contributed by atoms with van der Waals surface area (Å²) in [6.07, 6.45) is 19.2. The fourth-order valence-electron chi connectivity index (χ4n) is 4.10. The van der Waals surface area contributed by atoms with Crippen LogP contribution in [0.1, 0.15) is 138 Å². The monoisotopic (exact) mass is 483 g/mol. The number of ether oxygens (including phenoxy) is 2. The number of amides is 1. The first-order chi connectivity index (χ1) is 16.1. The van der Waals surface area contributed by atoms with Gasteiger partial charge in [0.2, 0.25) is 0 Å². The second kappa shape index (κ2) is 20.0. The SMILES string of the molecule is CCCCCCCCCCCCCCCCCOC(=O)C(C(C)C)N(C)C(=O)OCC(C)(C)C. The van der Waals surface area contributed by atoms with E-state index < -0.39 is 12.1 Å². The molecule has 0 rings (SSSR count). The number of rotatable bonds is 20. The molecule has 202 valence electrons. The van der Waals surface area contributed by atoms with Crippen molar-refractivity contribution >= 4 is 12.1 Å². The largest absolute Gasteiger partial charge is 0.464 e. The highest BCUT2D eigenvalue weighted by Crippen LogP contribution is 2.17. The van der Waals surface area contributed by atoms with Crippen molar-refractivity contribution in [3.63, 3.8) is 0 Å². The number of carbonyl (C=O) groups is 2. The number of nitrogens with zero attached hydrogens (tertiary/aromatic N) is 1. The zero-order valence-electron chi connectivity index (χ0n) is 23.8. The lowest BCUT2D eigenvalue weighted by atomic mass is 9.99. The molecule has 1 unspecified atom stereocenters. The van der Waals surface area contributed by atoms with Gasteiger partial charge in [-0.05, 0) is 17.8 Å². The van der Waals surface area contributed by atoms with Gasteiger partial charge in [-0.15, -0.1) is 0 Å². The molecule has 1 atom stereocenters. The van der Waals surface area contributed by atoms with Crippen LogP contribution in [-0.2, 0) is 14.3 Å². The Morgan fingerprint density at radius 3 is 1.50 bits per heavy atom. The number of likely N-dealkylation sites (N-methyl/N-ethyl adjacent to an activating group) is 1. The van der Waals surface area contributed by atoms with Gasteiger partial charge in [-0.25, -0.2) is 9.59 Å². The molecule has 5 nitrogen and oxygen atoms in total. The van der Waals surface area contributed by atoms with Gasteiger partial charge in [-0.1, -0.05) is 131 Å². The Hall–Kier alpha value is -1.26. The molecule has 0 saturated heterocycles. The summed E-state index contributed by atoms with van der Waals surface area (Å²) >= 11 is 0. The van der Waals surface area contributed by atoms with Crippen LogP contribution in [0.5, 0.6) is 0 Å². The predicted octanol–water partition coefficient (Wildman–Crippen LogP) is 8.54. The third-order valence-corrected chi connectivity index (χ3v) is 6.20. The summed E-state index contributed by atoms with van der Waals surface area (Å²) in [5, 5.41) is 0. The van der Waals surface area contributed by atoms with Gasteiger partial charge in [0.05, 0.1) is 13.2 Å². The van der Waals surface area contributed by atoms with Gasteiger partial charge >= 0.3 is 12.1 Å². The normalized spacial score (nSPS) is 12.6. The van der Waals surface area contributed by atoms with Crippen LogP contribution in [0.25, 0.3) is 0 Å². The summed E-state index contributed by atoms with van der Waals surface area (Å²) in [7, 11) is 1.62. The van der Waals surface area contributed by atoms with Crippen molar-refractivity contribution in [3.8, 4) is 0 Å². The van der Waals surface area contributed by atoms with E-state index in [4.69, 9.17) is 9.47 Å². The molecular weight excluding hydrogens is 426 g/mol. The second-order valence-electron chi connectivity index (χ2n) is 11.5. The minimum atomic E-state index is -0.621. The van der Waals surface area contributed by atoms with E-state index in [1.54, 1.807) is 7.05 Å². The molecule has 0 heterocycles. The third-order valence-electron chi connectivity index (χ3n) is 6.20. The molecule has 0 saturated carbocycles. The van der Waals surface area contributed by atoms with Gasteiger partial charge in [0.1, 0.15) is 6.04 Å². The first-order valence-corrected chi connectivity index (χ1v) is 14.2. The third kappa shape index (κ3) is 18.1. The van der Waals surface area contributed by atoms with E-state index in [1.807, 2.05) is 34.6 Å². The first-order valence-electron chi connectivity index (χ1n) is 14.2. The Balaban J connectivity index is 3.82. The van der Waals surface area contributed by atoms with Crippen molar-refractivity contribution in [3.05, 3.63) is 0 Å². The minimum absolute atomic E-state index is 0.0410. The second-order valence-corrected chi connectivity index (χ2v) is 11.5. The van der Waals surface area contributed by atoms with Crippen LogP contribution < -0.4 is 0 Å². The van der Waals surface area contributed by atoms with Crippen LogP contribution in [-0.4, -0.2) is 43.3 Å². The van der Waals surface area contributed by atoms with Gasteiger partial charge in [0.15, 0.2) is 0 Å². The lowest BCUT2D eigenvalue weighted by molar-refractivity contribution is -0.150. The average molecular weight is 484 g/mol. The smallest absolute Gasteiger partial charge is 0.410 e. The number of hydrogen-bond donors (Lipinski definition) is 0. The van der Waals surface area contributed by atoms with E-state index in [0.717, 1.165) is 12.8 Å². The quantitative estimate of drug-likeness (QED) is 0.129. The highest BCUT2D eigenvalue weighted by molar-refractivity contribution is 5.81. The Morgan fingerprint density at radius 1 is 0.706 bits per heavy atom. The van der Waals surface area contributed by atoms with E-state index >= 15 is 0 Å². The molecule has 0 aromatic carbocycles. The van der Waals surface area contributed by atoms with Gasteiger partial charge < -0.3 is 9.47 Å². The molecule has 0 spiro atoms. The molecule has 0 radical (unpaired) electrons. The average Bonchev–Trinajstić information content (AvgIpc) is 2.76. The van der Waals surface area contributed by atoms with Crippen molar-refractivity contribution in [2.75, 3.05) is 20.3 Å². The van der Waals surface area contributed by atoms with Crippen molar-refractivity contribution in [2.45, 2.75) is 144 Å². The molecule has 5 heteroatoms. The van der Waals surface area contributed by atoms with E-state index in [-0.39, 0.29) is 17.3 Å². The maximum atomic E-state index is 12.6. The number of carbonyl (C=O) groups excluding carboxylic acids is 2. The summed E-state index contributed by atoms with van der Waals surface area (Å²) < 4.78 is 10.9. The van der Waals surface area contributed by atoms with Gasteiger partial charge in [-0.2, -0.15) is 0 Å². The van der Waals surface area contributed by atoms with E-state index in [1.165, 1.54) is 88.4 Å². The van der Waals surface area contributed by atoms with Crippen LogP contribution in [0.2, 0.25) is 0 Å². The van der Waals surface area contributed by atoms with Crippen molar-refractivity contribution in [2.24, 2.45) is 11.3 Å². The van der Waals surface area contributed by atoms with Crippen LogP contribution in [0.4, 0.5) is 4.79 Å². The highest BCUT2D eigenvalue weighted by atomic mass is 16.6. The van der Waals surface area contributed by atoms with Crippen LogP contribution in [0, 0.1) is 11.3 Å². The van der Waals surface area contributed by atoms with E-state index in [9.17, 15) is 9.59 Å². The standard InChI is InChI=1S/C29H57NO4/c1-8-9-10-11-12-13-14-15-16-17-18-19-20-21-22-23-33-27(31)26(25(2)3)30(7)28(32)34-24-29(4,5)6/h25-26H,8-24H2,1-7H3. The maximum Gasteiger partial charge on any atom is 0.410 e. The maximum absolute atomic E-state index is 12.6. The number of esters is 1. The van der Waals surface area contributed by atoms with E-state index in [0.29, 0.717) is 13.2 Å². The zero-order chi connectivity index (χ0) is 25.8. The van der Waals surface area contributed by atoms with Crippen LogP contribution >= 0.6 is 0 Å². The molecule has 34 heavy (non-hydrogen) atoms. The molecule has 0 aliphatic carbocycles. The Labute approximate surface area is 211 Å². The van der Waals surface area contributed by atoms with E-state index in [2.05, 4.69) is 6.92 Å². The fraction of sp³-hybridized carbons (Fsp3) is 0.931. The minimum Gasteiger partial charge on any atom is -0.464 e. The highest BCUT2D eigenvalue weighted by Gasteiger charge is 2.32. The number of hydrogen-bond acceptors (Lipinski definition) is 4. The number of unbranched alkanes of at least 4 members (excludes halogenated alkanes) is 14. The molecule has 0 bridgehead atoms. The van der Waals surface area contributed by atoms with Gasteiger partial charge in [-0.3, -0.25) is 4.90 Å². The fourth-order valence-corrected chi connectivity index (χ4v) is 4.10. The van der Waals surface area contributed by atoms with Crippen molar-refractivity contribution < 1.29 is 19.1 Å². The Kier molecular flexibility index (Phi) is 19.2. The molecule has 1 amide bonds. The summed E-state index contributed by atoms with van der Waals surface area (Å²) in [5.41, 5.74) is -0.113. The molecule has 0 aliphatic rings. The topological polar surface area (TPSA) is 55.8 Å². The van der Waals surface area contributed by atoms with Crippen LogP contribution in [0.3, 0.4) is 0 Å². The molecule has 0 N–H and O–H groups in total. The Morgan fingerprint density at radius 2 is 1.12 bits per heavy atom.